The van der Waals surface area contributed by atoms with Crippen LogP contribution >= 0.6 is 0 Å². The number of hydrogen-bond acceptors (Lipinski definition) is 2. The minimum Gasteiger partial charge on any atom is -0.319 e. The lowest BCUT2D eigenvalue weighted by Gasteiger charge is -2.37. The molecule has 0 aromatic carbocycles. The van der Waals surface area contributed by atoms with Gasteiger partial charge in [0.15, 0.2) is 0 Å². The molecule has 0 spiro atoms. The topological polar surface area (TPSA) is 15.3 Å². The number of nitrogens with one attached hydrogen (secondary N) is 1. The lowest BCUT2D eigenvalue weighted by molar-refractivity contribution is 0.127. The van der Waals surface area contributed by atoms with Crippen LogP contribution in [-0.4, -0.2) is 37.6 Å². The second-order valence-electron chi connectivity index (χ2n) is 6.13. The van der Waals surface area contributed by atoms with E-state index < -0.39 is 0 Å². The number of rotatable bonds is 3. The first kappa shape index (κ1) is 12.4. The molecule has 0 radical (unpaired) electrons. The Morgan fingerprint density at radius 2 is 1.94 bits per heavy atom. The quantitative estimate of drug-likeness (QED) is 0.791. The maximum atomic E-state index is 3.32. The van der Waals surface area contributed by atoms with Gasteiger partial charge in [-0.2, -0.15) is 0 Å². The first-order chi connectivity index (χ1) is 7.70. The third-order valence-electron chi connectivity index (χ3n) is 4.90. The fraction of sp³-hybridized carbons (Fsp3) is 1.00. The van der Waals surface area contributed by atoms with Gasteiger partial charge in [0.25, 0.3) is 0 Å². The number of likely N-dealkylation sites (tertiary alicyclic amines) is 1. The molecule has 4 atom stereocenters. The smallest absolute Gasteiger partial charge is 0.00981 e. The summed E-state index contributed by atoms with van der Waals surface area (Å²) in [6, 6.07) is 0.896. The fourth-order valence-electron chi connectivity index (χ4n) is 3.50. The van der Waals surface area contributed by atoms with E-state index in [9.17, 15) is 0 Å². The van der Waals surface area contributed by atoms with Crippen molar-refractivity contribution in [3.05, 3.63) is 0 Å². The maximum Gasteiger partial charge on any atom is 0.00981 e. The third-order valence-corrected chi connectivity index (χ3v) is 4.90. The summed E-state index contributed by atoms with van der Waals surface area (Å²) in [4.78, 5) is 2.77. The summed E-state index contributed by atoms with van der Waals surface area (Å²) >= 11 is 0. The Bertz CT molecular complexity index is 217. The molecule has 2 aliphatic rings. The lowest BCUT2D eigenvalue weighted by Crippen LogP contribution is -2.39. The van der Waals surface area contributed by atoms with E-state index >= 15 is 0 Å². The molecule has 2 heteroatoms. The van der Waals surface area contributed by atoms with Gasteiger partial charge in [-0.1, -0.05) is 13.8 Å². The molecule has 0 aromatic rings. The van der Waals surface area contributed by atoms with Crippen molar-refractivity contribution in [2.24, 2.45) is 17.8 Å². The average molecular weight is 224 g/mol. The van der Waals surface area contributed by atoms with Gasteiger partial charge in [0, 0.05) is 12.6 Å². The molecular formula is C14H28N2. The zero-order valence-corrected chi connectivity index (χ0v) is 11.2. The van der Waals surface area contributed by atoms with E-state index in [4.69, 9.17) is 0 Å². The van der Waals surface area contributed by atoms with Crippen LogP contribution in [0.15, 0.2) is 0 Å². The summed E-state index contributed by atoms with van der Waals surface area (Å²) in [7, 11) is 2.08. The summed E-state index contributed by atoms with van der Waals surface area (Å²) in [5.41, 5.74) is 0. The van der Waals surface area contributed by atoms with Crippen molar-refractivity contribution in [3.8, 4) is 0 Å². The Kier molecular flexibility index (Phi) is 4.26. The van der Waals surface area contributed by atoms with Crippen molar-refractivity contribution < 1.29 is 0 Å². The van der Waals surface area contributed by atoms with Crippen LogP contribution in [-0.2, 0) is 0 Å². The molecule has 2 fully saturated rings. The average Bonchev–Trinajstić information content (AvgIpc) is 2.71. The largest absolute Gasteiger partial charge is 0.319 e. The van der Waals surface area contributed by atoms with Crippen LogP contribution in [0.25, 0.3) is 0 Å². The predicted octanol–water partition coefficient (Wildman–Crippen LogP) is 2.35. The van der Waals surface area contributed by atoms with Gasteiger partial charge in [0.05, 0.1) is 0 Å². The highest BCUT2D eigenvalue weighted by Crippen LogP contribution is 2.34. The van der Waals surface area contributed by atoms with E-state index in [-0.39, 0.29) is 0 Å². The molecule has 2 nitrogen and oxygen atoms in total. The monoisotopic (exact) mass is 224 g/mol. The maximum absolute atomic E-state index is 3.32. The fourth-order valence-corrected chi connectivity index (χ4v) is 3.50. The van der Waals surface area contributed by atoms with Crippen molar-refractivity contribution in [1.29, 1.82) is 0 Å². The Morgan fingerprint density at radius 1 is 1.12 bits per heavy atom. The van der Waals surface area contributed by atoms with E-state index in [0.717, 1.165) is 23.8 Å². The number of nitrogens with zero attached hydrogens (tertiary/aromatic N) is 1. The highest BCUT2D eigenvalue weighted by molar-refractivity contribution is 4.87. The van der Waals surface area contributed by atoms with Gasteiger partial charge in [-0.3, -0.25) is 0 Å². The Morgan fingerprint density at radius 3 is 2.62 bits per heavy atom. The van der Waals surface area contributed by atoms with Gasteiger partial charge in [0.2, 0.25) is 0 Å². The van der Waals surface area contributed by atoms with Crippen LogP contribution < -0.4 is 5.32 Å². The van der Waals surface area contributed by atoms with Crippen molar-refractivity contribution in [1.82, 2.24) is 10.2 Å². The lowest BCUT2D eigenvalue weighted by atomic mass is 9.78. The van der Waals surface area contributed by atoms with E-state index in [1.165, 1.54) is 45.3 Å². The molecule has 0 aromatic heterocycles. The summed E-state index contributed by atoms with van der Waals surface area (Å²) in [6.45, 7) is 8.76. The van der Waals surface area contributed by atoms with Crippen molar-refractivity contribution in [2.45, 2.75) is 45.6 Å². The van der Waals surface area contributed by atoms with Crippen LogP contribution in [0, 0.1) is 17.8 Å². The highest BCUT2D eigenvalue weighted by Gasteiger charge is 2.32. The minimum atomic E-state index is 0.896. The first-order valence-electron chi connectivity index (χ1n) is 7.09. The van der Waals surface area contributed by atoms with Crippen LogP contribution in [0.2, 0.25) is 0 Å². The molecule has 1 saturated carbocycles. The minimum absolute atomic E-state index is 0.896. The molecular weight excluding hydrogens is 196 g/mol. The van der Waals surface area contributed by atoms with Gasteiger partial charge < -0.3 is 10.2 Å². The zero-order valence-electron chi connectivity index (χ0n) is 11.2. The summed E-state index contributed by atoms with van der Waals surface area (Å²) in [5, 5.41) is 3.32. The normalized spacial score (nSPS) is 41.4. The molecule has 1 aliphatic heterocycles. The van der Waals surface area contributed by atoms with Gasteiger partial charge in [-0.25, -0.2) is 0 Å². The van der Waals surface area contributed by atoms with E-state index in [2.05, 4.69) is 31.1 Å². The SMILES string of the molecule is CNCC1CCN(C2CCC(C)C(C)C2)C1. The predicted molar refractivity (Wildman–Crippen MR) is 69.6 cm³/mol. The van der Waals surface area contributed by atoms with E-state index in [1.54, 1.807) is 0 Å². The summed E-state index contributed by atoms with van der Waals surface area (Å²) in [6.07, 6.45) is 5.73. The van der Waals surface area contributed by atoms with Crippen molar-refractivity contribution in [2.75, 3.05) is 26.7 Å². The zero-order chi connectivity index (χ0) is 11.5. The van der Waals surface area contributed by atoms with Gasteiger partial charge in [-0.15, -0.1) is 0 Å². The molecule has 0 bridgehead atoms. The second kappa shape index (κ2) is 5.50. The molecule has 1 heterocycles. The standard InChI is InChI=1S/C14H28N2/c1-11-4-5-14(8-12(11)2)16-7-6-13(10-16)9-15-3/h11-15H,4-10H2,1-3H3. The Balaban J connectivity index is 1.81. The molecule has 0 amide bonds. The third kappa shape index (κ3) is 2.78. The van der Waals surface area contributed by atoms with Crippen molar-refractivity contribution >= 4 is 0 Å². The van der Waals surface area contributed by atoms with E-state index in [1.807, 2.05) is 0 Å². The summed E-state index contributed by atoms with van der Waals surface area (Å²) < 4.78 is 0. The van der Waals surface area contributed by atoms with Crippen LogP contribution in [0.5, 0.6) is 0 Å². The highest BCUT2D eigenvalue weighted by atomic mass is 15.2. The molecule has 94 valence electrons. The van der Waals surface area contributed by atoms with Gasteiger partial charge in [0.1, 0.15) is 0 Å². The van der Waals surface area contributed by atoms with Crippen LogP contribution in [0.4, 0.5) is 0 Å². The molecule has 2 rings (SSSR count). The Hall–Kier alpha value is -0.0800. The summed E-state index contributed by atoms with van der Waals surface area (Å²) in [5.74, 6) is 2.79. The van der Waals surface area contributed by atoms with E-state index in [0.29, 0.717) is 0 Å². The number of hydrogen-bond donors (Lipinski definition) is 1. The van der Waals surface area contributed by atoms with Crippen molar-refractivity contribution in [3.63, 3.8) is 0 Å². The van der Waals surface area contributed by atoms with Crippen LogP contribution in [0.1, 0.15) is 39.5 Å². The van der Waals surface area contributed by atoms with Crippen LogP contribution in [0.3, 0.4) is 0 Å². The van der Waals surface area contributed by atoms with Gasteiger partial charge in [-0.05, 0) is 63.6 Å². The molecule has 1 N–H and O–H groups in total. The molecule has 1 aliphatic carbocycles. The molecule has 1 saturated heterocycles. The Labute approximate surface area is 101 Å². The first-order valence-corrected chi connectivity index (χ1v) is 7.09. The van der Waals surface area contributed by atoms with Gasteiger partial charge >= 0.3 is 0 Å². The molecule has 4 unspecified atom stereocenters. The second-order valence-corrected chi connectivity index (χ2v) is 6.13. The molecule has 16 heavy (non-hydrogen) atoms.